The fourth-order valence-electron chi connectivity index (χ4n) is 1.91. The van der Waals surface area contributed by atoms with Crippen LogP contribution in [-0.4, -0.2) is 28.4 Å². The molecule has 6 heteroatoms. The van der Waals surface area contributed by atoms with Gasteiger partial charge in [-0.1, -0.05) is 12.1 Å². The van der Waals surface area contributed by atoms with Gasteiger partial charge in [-0.05, 0) is 24.6 Å². The van der Waals surface area contributed by atoms with Crippen LogP contribution in [0.15, 0.2) is 24.3 Å². The predicted octanol–water partition coefficient (Wildman–Crippen LogP) is 2.07. The van der Waals surface area contributed by atoms with Crippen molar-refractivity contribution in [2.45, 2.75) is 24.8 Å². The van der Waals surface area contributed by atoms with Gasteiger partial charge >= 0.3 is 6.61 Å². The first-order valence-corrected chi connectivity index (χ1v) is 7.10. The summed E-state index contributed by atoms with van der Waals surface area (Å²) in [5.41, 5.74) is 0.827. The Morgan fingerprint density at radius 3 is 2.94 bits per heavy atom. The van der Waals surface area contributed by atoms with Gasteiger partial charge in [0.05, 0.1) is 0 Å². The van der Waals surface area contributed by atoms with Gasteiger partial charge in [0.15, 0.2) is 0 Å². The predicted molar refractivity (Wildman–Crippen MR) is 66.3 cm³/mol. The molecule has 0 aromatic heterocycles. The normalized spacial score (nSPS) is 28.3. The molecular formula is C12H15F2NO2S. The van der Waals surface area contributed by atoms with Crippen molar-refractivity contribution in [1.82, 2.24) is 5.32 Å². The lowest BCUT2D eigenvalue weighted by atomic mass is 10.1. The van der Waals surface area contributed by atoms with Gasteiger partial charge in [0, 0.05) is 34.4 Å². The molecule has 18 heavy (non-hydrogen) atoms. The zero-order chi connectivity index (χ0) is 13.1. The Morgan fingerprint density at radius 1 is 1.50 bits per heavy atom. The maximum absolute atomic E-state index is 12.1. The molecule has 1 aliphatic rings. The van der Waals surface area contributed by atoms with Gasteiger partial charge in [-0.15, -0.1) is 0 Å². The third-order valence-corrected chi connectivity index (χ3v) is 4.64. The van der Waals surface area contributed by atoms with Crippen LogP contribution in [0.25, 0.3) is 0 Å². The Morgan fingerprint density at radius 2 is 2.28 bits per heavy atom. The first kappa shape index (κ1) is 13.4. The van der Waals surface area contributed by atoms with E-state index in [9.17, 15) is 13.0 Å². The average Bonchev–Trinajstić information content (AvgIpc) is 2.32. The van der Waals surface area contributed by atoms with Gasteiger partial charge < -0.3 is 10.1 Å². The number of hydrogen-bond donors (Lipinski definition) is 1. The van der Waals surface area contributed by atoms with E-state index in [0.717, 1.165) is 5.56 Å². The smallest absolute Gasteiger partial charge is 0.387 e. The molecule has 1 heterocycles. The second kappa shape index (κ2) is 5.75. The molecule has 1 aromatic rings. The average molecular weight is 275 g/mol. The van der Waals surface area contributed by atoms with Crippen molar-refractivity contribution in [3.05, 3.63) is 29.8 Å². The van der Waals surface area contributed by atoms with E-state index in [0.29, 0.717) is 12.3 Å². The standard InChI is InChI=1S/C12H15F2NO2S/c1-8-6-15-11(7-18(8)16)9-3-2-4-10(5-9)17-12(13)14/h2-5,8,11-12,15H,6-7H2,1H3. The summed E-state index contributed by atoms with van der Waals surface area (Å²) >= 11 is 0. The number of alkyl halides is 2. The van der Waals surface area contributed by atoms with Gasteiger partial charge in [-0.25, -0.2) is 0 Å². The Hall–Kier alpha value is -1.01. The Labute approximate surface area is 107 Å². The molecule has 100 valence electrons. The lowest BCUT2D eigenvalue weighted by Gasteiger charge is -2.27. The molecule has 0 aliphatic carbocycles. The molecule has 0 spiro atoms. The van der Waals surface area contributed by atoms with Crippen LogP contribution in [0.4, 0.5) is 8.78 Å². The molecule has 2 rings (SSSR count). The summed E-state index contributed by atoms with van der Waals surface area (Å²) in [4.78, 5) is 0. The van der Waals surface area contributed by atoms with Crippen molar-refractivity contribution in [3.8, 4) is 5.75 Å². The summed E-state index contributed by atoms with van der Waals surface area (Å²) in [5.74, 6) is 0.632. The summed E-state index contributed by atoms with van der Waals surface area (Å²) in [7, 11) is -0.884. The third kappa shape index (κ3) is 3.26. The van der Waals surface area contributed by atoms with Crippen LogP contribution in [0.2, 0.25) is 0 Å². The highest BCUT2D eigenvalue weighted by atomic mass is 32.2. The maximum atomic E-state index is 12.1. The lowest BCUT2D eigenvalue weighted by Crippen LogP contribution is -2.41. The van der Waals surface area contributed by atoms with Crippen molar-refractivity contribution < 1.29 is 17.7 Å². The molecule has 0 amide bonds. The topological polar surface area (TPSA) is 38.3 Å². The van der Waals surface area contributed by atoms with E-state index in [1.807, 2.05) is 13.0 Å². The Balaban J connectivity index is 2.11. The van der Waals surface area contributed by atoms with Crippen LogP contribution >= 0.6 is 0 Å². The van der Waals surface area contributed by atoms with Gasteiger partial charge in [-0.2, -0.15) is 8.78 Å². The van der Waals surface area contributed by atoms with Crippen molar-refractivity contribution >= 4 is 10.8 Å². The molecule has 0 saturated carbocycles. The van der Waals surface area contributed by atoms with Gasteiger partial charge in [0.25, 0.3) is 0 Å². The largest absolute Gasteiger partial charge is 0.435 e. The second-order valence-corrected chi connectivity index (χ2v) is 6.17. The van der Waals surface area contributed by atoms with Crippen molar-refractivity contribution in [2.75, 3.05) is 12.3 Å². The van der Waals surface area contributed by atoms with E-state index in [2.05, 4.69) is 10.1 Å². The molecule has 1 saturated heterocycles. The number of hydrogen-bond acceptors (Lipinski definition) is 3. The second-order valence-electron chi connectivity index (χ2n) is 4.27. The van der Waals surface area contributed by atoms with Crippen molar-refractivity contribution in [1.29, 1.82) is 0 Å². The van der Waals surface area contributed by atoms with Crippen molar-refractivity contribution in [2.24, 2.45) is 0 Å². The summed E-state index contributed by atoms with van der Waals surface area (Å²) in [6.45, 7) is -0.235. The molecule has 3 atom stereocenters. The summed E-state index contributed by atoms with van der Waals surface area (Å²) in [6.07, 6.45) is 0. The summed E-state index contributed by atoms with van der Waals surface area (Å²) in [6, 6.07) is 6.47. The minimum Gasteiger partial charge on any atom is -0.435 e. The number of rotatable bonds is 3. The number of benzene rings is 1. The van der Waals surface area contributed by atoms with E-state index in [-0.39, 0.29) is 17.0 Å². The molecule has 0 bridgehead atoms. The van der Waals surface area contributed by atoms with Crippen LogP contribution in [0.3, 0.4) is 0 Å². The van der Waals surface area contributed by atoms with Crippen LogP contribution < -0.4 is 10.1 Å². The van der Waals surface area contributed by atoms with E-state index >= 15 is 0 Å². The molecular weight excluding hydrogens is 260 g/mol. The number of ether oxygens (including phenoxy) is 1. The highest BCUT2D eigenvalue weighted by Gasteiger charge is 2.25. The van der Waals surface area contributed by atoms with E-state index in [1.165, 1.54) is 6.07 Å². The van der Waals surface area contributed by atoms with Crippen LogP contribution in [0.1, 0.15) is 18.5 Å². The minimum absolute atomic E-state index is 0.0664. The first-order valence-electron chi connectivity index (χ1n) is 5.71. The third-order valence-electron chi connectivity index (χ3n) is 2.92. The fourth-order valence-corrected chi connectivity index (χ4v) is 3.16. The fraction of sp³-hybridized carbons (Fsp3) is 0.500. The monoisotopic (exact) mass is 275 g/mol. The number of halogens is 2. The highest BCUT2D eigenvalue weighted by molar-refractivity contribution is 7.85. The Bertz CT molecular complexity index is 442. The van der Waals surface area contributed by atoms with Gasteiger partial charge in [0.1, 0.15) is 5.75 Å². The van der Waals surface area contributed by atoms with Crippen LogP contribution in [0.5, 0.6) is 5.75 Å². The first-order chi connectivity index (χ1) is 8.56. The van der Waals surface area contributed by atoms with Crippen LogP contribution in [0, 0.1) is 0 Å². The molecule has 3 nitrogen and oxygen atoms in total. The molecule has 0 radical (unpaired) electrons. The summed E-state index contributed by atoms with van der Waals surface area (Å²) in [5, 5.41) is 3.39. The van der Waals surface area contributed by atoms with E-state index in [4.69, 9.17) is 0 Å². The van der Waals surface area contributed by atoms with E-state index in [1.54, 1.807) is 12.1 Å². The summed E-state index contributed by atoms with van der Waals surface area (Å²) < 4.78 is 40.4. The molecule has 1 fully saturated rings. The number of nitrogens with one attached hydrogen (secondary N) is 1. The zero-order valence-corrected chi connectivity index (χ0v) is 10.8. The quantitative estimate of drug-likeness (QED) is 0.917. The van der Waals surface area contributed by atoms with Crippen molar-refractivity contribution in [3.63, 3.8) is 0 Å². The minimum atomic E-state index is -2.83. The van der Waals surface area contributed by atoms with E-state index < -0.39 is 17.4 Å². The molecule has 3 unspecified atom stereocenters. The Kier molecular flexibility index (Phi) is 4.29. The van der Waals surface area contributed by atoms with Gasteiger partial charge in [-0.3, -0.25) is 4.21 Å². The molecule has 1 N–H and O–H groups in total. The molecule has 1 aliphatic heterocycles. The highest BCUT2D eigenvalue weighted by Crippen LogP contribution is 2.24. The SMILES string of the molecule is CC1CNC(c2cccc(OC(F)F)c2)CS1=O. The zero-order valence-electron chi connectivity index (χ0n) is 9.94. The lowest BCUT2D eigenvalue weighted by molar-refractivity contribution is -0.0499. The molecule has 1 aromatic carbocycles. The maximum Gasteiger partial charge on any atom is 0.387 e. The van der Waals surface area contributed by atoms with Gasteiger partial charge in [0.2, 0.25) is 0 Å². The van der Waals surface area contributed by atoms with Crippen LogP contribution in [-0.2, 0) is 10.8 Å².